The molecule has 4 nitrogen and oxygen atoms in total. The van der Waals surface area contributed by atoms with Gasteiger partial charge in [0, 0.05) is 6.07 Å². The largest absolute Gasteiger partial charge is 0.415 e. The van der Waals surface area contributed by atoms with E-state index in [-0.39, 0.29) is 6.07 Å². The van der Waals surface area contributed by atoms with Crippen LogP contribution in [-0.2, 0) is 0 Å². The summed E-state index contributed by atoms with van der Waals surface area (Å²) in [7, 11) is 0. The fourth-order valence-corrected chi connectivity index (χ4v) is 1.21. The van der Waals surface area contributed by atoms with E-state index in [1.165, 1.54) is 0 Å². The minimum Gasteiger partial charge on any atom is -0.415 e. The van der Waals surface area contributed by atoms with E-state index >= 15 is 0 Å². The first-order chi connectivity index (χ1) is 9.40. The topological polar surface area (TPSA) is 52.1 Å². The Labute approximate surface area is 107 Å². The highest BCUT2D eigenvalue weighted by atomic mass is 19.2. The van der Waals surface area contributed by atoms with Gasteiger partial charge in [-0.3, -0.25) is 0 Å². The van der Waals surface area contributed by atoms with Crippen molar-refractivity contribution in [1.29, 1.82) is 0 Å². The molecule has 0 bridgehead atoms. The highest BCUT2D eigenvalue weighted by Gasteiger charge is 2.24. The monoisotopic (exact) mass is 290 g/mol. The van der Waals surface area contributed by atoms with Gasteiger partial charge in [0.1, 0.15) is 0 Å². The summed E-state index contributed by atoms with van der Waals surface area (Å²) in [6.45, 7) is 0. The van der Waals surface area contributed by atoms with Crippen molar-refractivity contribution in [3.63, 3.8) is 0 Å². The van der Waals surface area contributed by atoms with E-state index in [0.717, 1.165) is 12.1 Å². The highest BCUT2D eigenvalue weighted by molar-refractivity contribution is 5.88. The van der Waals surface area contributed by atoms with Crippen LogP contribution in [0.1, 0.15) is 10.5 Å². The summed E-state index contributed by atoms with van der Waals surface area (Å²) in [5, 5.41) is 5.92. The fourth-order valence-electron chi connectivity index (χ4n) is 1.21. The molecule has 0 fully saturated rings. The predicted molar refractivity (Wildman–Crippen MR) is 53.2 cm³/mol. The van der Waals surface area contributed by atoms with Crippen LogP contribution in [0.3, 0.4) is 0 Å². The zero-order valence-corrected chi connectivity index (χ0v) is 9.33. The number of hydrogen-bond donors (Lipinski definition) is 0. The molecule has 0 aliphatic carbocycles. The Balaban J connectivity index is 2.35. The number of hydrogen-bond acceptors (Lipinski definition) is 4. The molecule has 0 unspecified atom stereocenters. The van der Waals surface area contributed by atoms with Gasteiger partial charge in [0.2, 0.25) is 23.3 Å². The zero-order chi connectivity index (χ0) is 14.9. The third-order valence-electron chi connectivity index (χ3n) is 2.11. The smallest absolute Gasteiger partial charge is 0.364 e. The van der Waals surface area contributed by atoms with Gasteiger partial charge < -0.3 is 4.74 Å². The number of ether oxygens (including phenoxy) is 1. The fraction of sp³-hybridized carbons (Fsp3) is 0. The Hall–Kier alpha value is -2.58. The van der Waals surface area contributed by atoms with Gasteiger partial charge in [0.05, 0.1) is 0 Å². The first kappa shape index (κ1) is 13.8. The molecule has 0 radical (unpaired) electrons. The number of rotatable bonds is 2. The number of aromatic nitrogens is 2. The molecule has 2 aromatic rings. The minimum atomic E-state index is -1.88. The maximum Gasteiger partial charge on any atom is 0.364 e. The van der Waals surface area contributed by atoms with E-state index in [1.807, 2.05) is 0 Å². The van der Waals surface area contributed by atoms with Crippen molar-refractivity contribution in [3.05, 3.63) is 53.1 Å². The molecule has 0 N–H and O–H groups in total. The molecule has 1 aromatic carbocycles. The zero-order valence-electron chi connectivity index (χ0n) is 9.33. The van der Waals surface area contributed by atoms with Crippen molar-refractivity contribution < 1.29 is 31.5 Å². The van der Waals surface area contributed by atoms with Gasteiger partial charge in [-0.2, -0.15) is 13.2 Å². The Morgan fingerprint density at radius 1 is 0.950 bits per heavy atom. The Morgan fingerprint density at radius 2 is 1.55 bits per heavy atom. The third kappa shape index (κ3) is 2.56. The van der Waals surface area contributed by atoms with Crippen molar-refractivity contribution in [1.82, 2.24) is 10.2 Å². The van der Waals surface area contributed by atoms with Crippen LogP contribution in [0.4, 0.5) is 22.0 Å². The van der Waals surface area contributed by atoms with Crippen molar-refractivity contribution in [3.8, 4) is 5.75 Å². The predicted octanol–water partition coefficient (Wildman–Crippen LogP) is 2.39. The van der Waals surface area contributed by atoms with Crippen LogP contribution >= 0.6 is 0 Å². The second kappa shape index (κ2) is 5.19. The Kier molecular flexibility index (Phi) is 3.59. The molecule has 0 aliphatic rings. The lowest BCUT2D eigenvalue weighted by Crippen LogP contribution is -2.14. The van der Waals surface area contributed by atoms with Gasteiger partial charge in [-0.15, -0.1) is 10.2 Å². The molecule has 1 aromatic heterocycles. The lowest BCUT2D eigenvalue weighted by Gasteiger charge is -2.07. The van der Waals surface area contributed by atoms with Gasteiger partial charge in [0.15, 0.2) is 17.3 Å². The second-order valence-corrected chi connectivity index (χ2v) is 3.43. The minimum absolute atomic E-state index is 0.0420. The van der Waals surface area contributed by atoms with E-state index in [0.29, 0.717) is 0 Å². The van der Waals surface area contributed by atoms with Crippen LogP contribution in [0.15, 0.2) is 18.2 Å². The van der Waals surface area contributed by atoms with E-state index in [2.05, 4.69) is 14.9 Å². The Bertz CT molecular complexity index is 649. The maximum atomic E-state index is 13.2. The molecular weight excluding hydrogens is 287 g/mol. The number of carbonyl (C=O) groups is 1. The van der Waals surface area contributed by atoms with Crippen LogP contribution in [0.5, 0.6) is 5.75 Å². The van der Waals surface area contributed by atoms with Crippen molar-refractivity contribution in [2.24, 2.45) is 0 Å². The molecule has 2 rings (SSSR count). The molecular formula is C11H3F5N2O2. The SMILES string of the molecule is O=C(Oc1c(F)c(F)cc(F)c1F)c1ccc(F)nn1. The summed E-state index contributed by atoms with van der Waals surface area (Å²) in [6, 6.07) is 1.51. The number of nitrogens with zero attached hydrogens (tertiary/aromatic N) is 2. The van der Waals surface area contributed by atoms with E-state index in [1.54, 1.807) is 0 Å². The molecule has 9 heteroatoms. The van der Waals surface area contributed by atoms with Crippen molar-refractivity contribution >= 4 is 5.97 Å². The lowest BCUT2D eigenvalue weighted by molar-refractivity contribution is 0.0709. The summed E-state index contributed by atoms with van der Waals surface area (Å²) in [5.74, 6) is -11.3. The molecule has 1 heterocycles. The molecule has 0 saturated carbocycles. The van der Waals surface area contributed by atoms with Gasteiger partial charge in [-0.05, 0) is 12.1 Å². The molecule has 0 atom stereocenters. The van der Waals surface area contributed by atoms with Gasteiger partial charge in [-0.25, -0.2) is 13.6 Å². The summed E-state index contributed by atoms with van der Waals surface area (Å²) in [5.41, 5.74) is -0.602. The lowest BCUT2D eigenvalue weighted by atomic mass is 10.3. The number of benzene rings is 1. The standard InChI is InChI=1S/C11H3F5N2O2/c12-4-3-5(13)9(16)10(8(4)15)20-11(19)6-1-2-7(14)18-17-6/h1-3H. The summed E-state index contributed by atoms with van der Waals surface area (Å²) >= 11 is 0. The van der Waals surface area contributed by atoms with Crippen molar-refractivity contribution in [2.75, 3.05) is 0 Å². The summed E-state index contributed by atoms with van der Waals surface area (Å²) in [4.78, 5) is 11.4. The normalized spacial score (nSPS) is 10.4. The van der Waals surface area contributed by atoms with E-state index in [4.69, 9.17) is 0 Å². The summed E-state index contributed by atoms with van der Waals surface area (Å²) in [6.07, 6.45) is 0. The first-order valence-corrected chi connectivity index (χ1v) is 4.94. The number of carbonyl (C=O) groups excluding carboxylic acids is 1. The molecule has 0 spiro atoms. The molecule has 20 heavy (non-hydrogen) atoms. The van der Waals surface area contributed by atoms with Gasteiger partial charge in [-0.1, -0.05) is 0 Å². The molecule has 0 aliphatic heterocycles. The van der Waals surface area contributed by atoms with Gasteiger partial charge >= 0.3 is 5.97 Å². The number of halogens is 5. The van der Waals surface area contributed by atoms with Crippen LogP contribution in [0.2, 0.25) is 0 Å². The quantitative estimate of drug-likeness (QED) is 0.369. The first-order valence-electron chi connectivity index (χ1n) is 4.94. The third-order valence-corrected chi connectivity index (χ3v) is 2.11. The molecule has 0 amide bonds. The average Bonchev–Trinajstić information content (AvgIpc) is 2.42. The van der Waals surface area contributed by atoms with Crippen LogP contribution in [-0.4, -0.2) is 16.2 Å². The second-order valence-electron chi connectivity index (χ2n) is 3.43. The van der Waals surface area contributed by atoms with Crippen LogP contribution in [0, 0.1) is 29.2 Å². The average molecular weight is 290 g/mol. The van der Waals surface area contributed by atoms with Crippen molar-refractivity contribution in [2.45, 2.75) is 0 Å². The number of esters is 1. The summed E-state index contributed by atoms with van der Waals surface area (Å²) < 4.78 is 68.8. The van der Waals surface area contributed by atoms with E-state index in [9.17, 15) is 26.7 Å². The Morgan fingerprint density at radius 3 is 2.05 bits per heavy atom. The molecule has 0 saturated heterocycles. The van der Waals surface area contributed by atoms with Crippen LogP contribution in [0.25, 0.3) is 0 Å². The maximum absolute atomic E-state index is 13.2. The van der Waals surface area contributed by atoms with Gasteiger partial charge in [0.25, 0.3) is 0 Å². The van der Waals surface area contributed by atoms with E-state index < -0.39 is 46.6 Å². The molecule has 104 valence electrons. The highest BCUT2D eigenvalue weighted by Crippen LogP contribution is 2.26. The van der Waals surface area contributed by atoms with Crippen LogP contribution < -0.4 is 4.74 Å².